The molecule has 0 bridgehead atoms. The number of ether oxygens (including phenoxy) is 1. The fourth-order valence-corrected chi connectivity index (χ4v) is 3.61. The summed E-state index contributed by atoms with van der Waals surface area (Å²) in [6.07, 6.45) is 1.79. The molecule has 2 aromatic rings. The predicted molar refractivity (Wildman–Crippen MR) is 90.6 cm³/mol. The number of hydrogen-bond acceptors (Lipinski definition) is 5. The SMILES string of the molecule is O=C(N1CCc2oc(-c3ccccc3)nc2C1)C1(CO)CCOCC1. The van der Waals surface area contributed by atoms with Crippen molar-refractivity contribution in [2.45, 2.75) is 25.8 Å². The monoisotopic (exact) mass is 342 g/mol. The lowest BCUT2D eigenvalue weighted by molar-refractivity contribution is -0.152. The second-order valence-corrected chi connectivity index (χ2v) is 6.78. The molecule has 2 aliphatic rings. The highest BCUT2D eigenvalue weighted by Gasteiger charge is 2.43. The van der Waals surface area contributed by atoms with Crippen molar-refractivity contribution in [3.05, 3.63) is 41.8 Å². The summed E-state index contributed by atoms with van der Waals surface area (Å²) in [4.78, 5) is 19.5. The topological polar surface area (TPSA) is 75.8 Å². The van der Waals surface area contributed by atoms with E-state index >= 15 is 0 Å². The van der Waals surface area contributed by atoms with Crippen molar-refractivity contribution < 1.29 is 19.1 Å². The minimum absolute atomic E-state index is 0.00760. The molecule has 2 aliphatic heterocycles. The Hall–Kier alpha value is -2.18. The Labute approximate surface area is 146 Å². The van der Waals surface area contributed by atoms with Gasteiger partial charge in [-0.15, -0.1) is 0 Å². The molecule has 3 heterocycles. The first-order valence-electron chi connectivity index (χ1n) is 8.74. The van der Waals surface area contributed by atoms with Crippen molar-refractivity contribution >= 4 is 5.91 Å². The highest BCUT2D eigenvalue weighted by atomic mass is 16.5. The van der Waals surface area contributed by atoms with Gasteiger partial charge in [0.15, 0.2) is 0 Å². The van der Waals surface area contributed by atoms with E-state index in [1.807, 2.05) is 30.3 Å². The van der Waals surface area contributed by atoms with Crippen LogP contribution in [0.5, 0.6) is 0 Å². The van der Waals surface area contributed by atoms with E-state index in [0.717, 1.165) is 17.0 Å². The number of hydrogen-bond donors (Lipinski definition) is 1. The lowest BCUT2D eigenvalue weighted by Crippen LogP contribution is -2.50. The van der Waals surface area contributed by atoms with Crippen molar-refractivity contribution in [2.24, 2.45) is 5.41 Å². The van der Waals surface area contributed by atoms with E-state index in [1.54, 1.807) is 4.90 Å². The maximum absolute atomic E-state index is 13.0. The predicted octanol–water partition coefficient (Wildman–Crippen LogP) is 2.02. The molecule has 0 atom stereocenters. The second kappa shape index (κ2) is 6.61. The minimum atomic E-state index is -0.707. The molecule has 0 unspecified atom stereocenters. The largest absolute Gasteiger partial charge is 0.441 e. The first-order chi connectivity index (χ1) is 12.2. The third-order valence-corrected chi connectivity index (χ3v) is 5.24. The van der Waals surface area contributed by atoms with Gasteiger partial charge in [-0.05, 0) is 25.0 Å². The van der Waals surface area contributed by atoms with Crippen LogP contribution in [0.1, 0.15) is 24.3 Å². The van der Waals surface area contributed by atoms with Gasteiger partial charge >= 0.3 is 0 Å². The smallest absolute Gasteiger partial charge is 0.231 e. The number of nitrogens with zero attached hydrogens (tertiary/aromatic N) is 2. The summed E-state index contributed by atoms with van der Waals surface area (Å²) < 4.78 is 11.3. The Morgan fingerprint density at radius 2 is 2.00 bits per heavy atom. The van der Waals surface area contributed by atoms with Crippen LogP contribution in [0, 0.1) is 5.41 Å². The molecule has 1 fully saturated rings. The number of rotatable bonds is 3. The summed E-state index contributed by atoms with van der Waals surface area (Å²) >= 11 is 0. The van der Waals surface area contributed by atoms with Crippen LogP contribution in [-0.2, 0) is 22.5 Å². The zero-order valence-electron chi connectivity index (χ0n) is 14.1. The van der Waals surface area contributed by atoms with Gasteiger partial charge in [0.1, 0.15) is 11.5 Å². The first-order valence-corrected chi connectivity index (χ1v) is 8.74. The highest BCUT2D eigenvalue weighted by Crippen LogP contribution is 2.34. The van der Waals surface area contributed by atoms with Crippen molar-refractivity contribution in [3.63, 3.8) is 0 Å². The molecular formula is C19H22N2O4. The Bertz CT molecular complexity index is 750. The average molecular weight is 342 g/mol. The summed E-state index contributed by atoms with van der Waals surface area (Å²) in [6, 6.07) is 9.77. The Kier molecular flexibility index (Phi) is 4.31. The number of oxazole rings is 1. The number of carbonyl (C=O) groups excluding carboxylic acids is 1. The van der Waals surface area contributed by atoms with Crippen LogP contribution in [0.15, 0.2) is 34.7 Å². The Morgan fingerprint density at radius 1 is 1.24 bits per heavy atom. The van der Waals surface area contributed by atoms with Crippen LogP contribution >= 0.6 is 0 Å². The normalized spacial score (nSPS) is 19.5. The fraction of sp³-hybridized carbons (Fsp3) is 0.474. The lowest BCUT2D eigenvalue weighted by Gasteiger charge is -2.39. The van der Waals surface area contributed by atoms with Gasteiger partial charge < -0.3 is 19.2 Å². The van der Waals surface area contributed by atoms with Crippen LogP contribution in [0.2, 0.25) is 0 Å². The molecule has 6 nitrogen and oxygen atoms in total. The van der Waals surface area contributed by atoms with E-state index in [4.69, 9.17) is 9.15 Å². The molecule has 1 N–H and O–H groups in total. The van der Waals surface area contributed by atoms with Crippen LogP contribution in [0.25, 0.3) is 11.5 Å². The van der Waals surface area contributed by atoms with Crippen molar-refractivity contribution in [3.8, 4) is 11.5 Å². The lowest BCUT2D eigenvalue weighted by atomic mass is 9.79. The van der Waals surface area contributed by atoms with E-state index in [0.29, 0.717) is 51.5 Å². The molecule has 1 aromatic carbocycles. The Morgan fingerprint density at radius 3 is 2.72 bits per heavy atom. The molecule has 6 heteroatoms. The van der Waals surface area contributed by atoms with E-state index in [2.05, 4.69) is 4.98 Å². The van der Waals surface area contributed by atoms with Gasteiger partial charge in [0.2, 0.25) is 11.8 Å². The Balaban J connectivity index is 1.54. The third kappa shape index (κ3) is 2.96. The molecule has 25 heavy (non-hydrogen) atoms. The molecule has 0 aliphatic carbocycles. The summed E-state index contributed by atoms with van der Waals surface area (Å²) in [5.41, 5.74) is 1.05. The number of benzene rings is 1. The van der Waals surface area contributed by atoms with Gasteiger partial charge in [0, 0.05) is 31.7 Å². The summed E-state index contributed by atoms with van der Waals surface area (Å²) in [6.45, 7) is 1.94. The summed E-state index contributed by atoms with van der Waals surface area (Å²) in [5.74, 6) is 1.46. The first kappa shape index (κ1) is 16.3. The molecule has 0 radical (unpaired) electrons. The maximum atomic E-state index is 13.0. The van der Waals surface area contributed by atoms with Crippen LogP contribution < -0.4 is 0 Å². The van der Waals surface area contributed by atoms with Crippen molar-refractivity contribution in [1.82, 2.24) is 9.88 Å². The molecular weight excluding hydrogens is 320 g/mol. The quantitative estimate of drug-likeness (QED) is 0.923. The number of carbonyl (C=O) groups is 1. The maximum Gasteiger partial charge on any atom is 0.231 e. The van der Waals surface area contributed by atoms with Crippen LogP contribution in [0.3, 0.4) is 0 Å². The van der Waals surface area contributed by atoms with Crippen molar-refractivity contribution in [1.29, 1.82) is 0 Å². The van der Waals surface area contributed by atoms with E-state index in [9.17, 15) is 9.90 Å². The van der Waals surface area contributed by atoms with Gasteiger partial charge in [-0.25, -0.2) is 4.98 Å². The third-order valence-electron chi connectivity index (χ3n) is 5.24. The van der Waals surface area contributed by atoms with E-state index in [1.165, 1.54) is 0 Å². The van der Waals surface area contributed by atoms with Crippen LogP contribution in [-0.4, -0.2) is 47.3 Å². The summed E-state index contributed by atoms with van der Waals surface area (Å²) in [5, 5.41) is 9.85. The minimum Gasteiger partial charge on any atom is -0.441 e. The van der Waals surface area contributed by atoms with E-state index < -0.39 is 5.41 Å². The molecule has 1 amide bonds. The second-order valence-electron chi connectivity index (χ2n) is 6.78. The van der Waals surface area contributed by atoms with Crippen LogP contribution in [0.4, 0.5) is 0 Å². The van der Waals surface area contributed by atoms with Gasteiger partial charge in [-0.3, -0.25) is 4.79 Å². The molecule has 132 valence electrons. The zero-order valence-corrected chi connectivity index (χ0v) is 14.1. The van der Waals surface area contributed by atoms with Gasteiger partial charge in [-0.1, -0.05) is 18.2 Å². The number of fused-ring (bicyclic) bond motifs is 1. The molecule has 1 aromatic heterocycles. The molecule has 0 saturated carbocycles. The molecule has 4 rings (SSSR count). The van der Waals surface area contributed by atoms with Gasteiger partial charge in [0.05, 0.1) is 18.6 Å². The number of aliphatic hydroxyl groups excluding tert-OH is 1. The number of aliphatic hydroxyl groups is 1. The average Bonchev–Trinajstić information content (AvgIpc) is 3.12. The molecule has 1 saturated heterocycles. The van der Waals surface area contributed by atoms with Gasteiger partial charge in [-0.2, -0.15) is 0 Å². The standard InChI is InChI=1S/C19H22N2O4/c22-13-19(7-10-24-11-8-19)18(23)21-9-6-16-15(12-21)20-17(25-16)14-4-2-1-3-5-14/h1-5,22H,6-13H2. The number of aromatic nitrogens is 1. The fourth-order valence-electron chi connectivity index (χ4n) is 3.61. The number of amides is 1. The highest BCUT2D eigenvalue weighted by molar-refractivity contribution is 5.83. The van der Waals surface area contributed by atoms with Gasteiger partial charge in [0.25, 0.3) is 0 Å². The molecule has 0 spiro atoms. The van der Waals surface area contributed by atoms with Crippen molar-refractivity contribution in [2.75, 3.05) is 26.4 Å². The zero-order chi connectivity index (χ0) is 17.3. The summed E-state index contributed by atoms with van der Waals surface area (Å²) in [7, 11) is 0. The van der Waals surface area contributed by atoms with E-state index in [-0.39, 0.29) is 12.5 Å².